The highest BCUT2D eigenvalue weighted by atomic mass is 16.5. The molecule has 1 unspecified atom stereocenters. The summed E-state index contributed by atoms with van der Waals surface area (Å²) >= 11 is 0. The van der Waals surface area contributed by atoms with Crippen LogP contribution in [0.15, 0.2) is 36.4 Å². The van der Waals surface area contributed by atoms with Crippen molar-refractivity contribution in [3.63, 3.8) is 0 Å². The molecule has 0 aromatic heterocycles. The first-order chi connectivity index (χ1) is 17.6. The molecule has 1 atom stereocenters. The number of esters is 1. The van der Waals surface area contributed by atoms with Crippen molar-refractivity contribution < 1.29 is 14.3 Å². The number of benzene rings is 2. The van der Waals surface area contributed by atoms with Crippen molar-refractivity contribution in [3.8, 4) is 11.5 Å². The molecule has 0 radical (unpaired) electrons. The molecule has 1 aliphatic rings. The molecule has 3 nitrogen and oxygen atoms in total. The van der Waals surface area contributed by atoms with Crippen molar-refractivity contribution in [2.45, 2.75) is 131 Å². The highest BCUT2D eigenvalue weighted by molar-refractivity contribution is 5.79. The monoisotopic (exact) mass is 506 g/mol. The summed E-state index contributed by atoms with van der Waals surface area (Å²) in [4.78, 5) is 12.9. The Bertz CT molecular complexity index is 1060. The molecule has 1 fully saturated rings. The molecule has 3 rings (SSSR count). The maximum atomic E-state index is 12.9. The lowest BCUT2D eigenvalue weighted by Crippen LogP contribution is -2.32. The van der Waals surface area contributed by atoms with Gasteiger partial charge < -0.3 is 9.47 Å². The van der Waals surface area contributed by atoms with E-state index in [9.17, 15) is 4.79 Å². The van der Waals surface area contributed by atoms with Crippen LogP contribution in [0, 0.1) is 19.3 Å². The van der Waals surface area contributed by atoms with Gasteiger partial charge in [0.15, 0.2) is 0 Å². The normalized spacial score (nSPS) is 17.2. The number of carbonyl (C=O) groups is 1. The van der Waals surface area contributed by atoms with Crippen LogP contribution < -0.4 is 9.47 Å². The third-order valence-corrected chi connectivity index (χ3v) is 9.30. The molecule has 37 heavy (non-hydrogen) atoms. The zero-order valence-corrected chi connectivity index (χ0v) is 24.8. The minimum atomic E-state index is -0.442. The lowest BCUT2D eigenvalue weighted by molar-refractivity contribution is -0.145. The summed E-state index contributed by atoms with van der Waals surface area (Å²) < 4.78 is 12.5. The van der Waals surface area contributed by atoms with Crippen molar-refractivity contribution in [3.05, 3.63) is 58.7 Å². The van der Waals surface area contributed by atoms with Crippen LogP contribution >= 0.6 is 0 Å². The molecule has 0 saturated heterocycles. The molecular formula is C34H50O3. The fraction of sp³-hybridized carbons (Fsp3) is 0.618. The Hall–Kier alpha value is -2.29. The van der Waals surface area contributed by atoms with E-state index < -0.39 is 5.41 Å². The summed E-state index contributed by atoms with van der Waals surface area (Å²) in [6.45, 7) is 17.0. The molecule has 0 spiro atoms. The Labute approximate surface area is 226 Å². The minimum absolute atomic E-state index is 0.0202. The van der Waals surface area contributed by atoms with Crippen molar-refractivity contribution in [2.24, 2.45) is 5.41 Å². The molecule has 0 bridgehead atoms. The van der Waals surface area contributed by atoms with E-state index in [1.807, 2.05) is 13.0 Å². The van der Waals surface area contributed by atoms with E-state index in [1.165, 1.54) is 36.0 Å². The first-order valence-corrected chi connectivity index (χ1v) is 14.7. The topological polar surface area (TPSA) is 35.5 Å². The summed E-state index contributed by atoms with van der Waals surface area (Å²) in [7, 11) is 0. The van der Waals surface area contributed by atoms with Gasteiger partial charge in [0.1, 0.15) is 17.1 Å². The van der Waals surface area contributed by atoms with E-state index in [1.54, 1.807) is 0 Å². The molecule has 2 aromatic rings. The van der Waals surface area contributed by atoms with Crippen LogP contribution in [0.2, 0.25) is 0 Å². The Kier molecular flexibility index (Phi) is 9.53. The maximum absolute atomic E-state index is 12.9. The van der Waals surface area contributed by atoms with Gasteiger partial charge in [-0.25, -0.2) is 0 Å². The molecule has 1 saturated carbocycles. The van der Waals surface area contributed by atoms with Gasteiger partial charge in [-0.3, -0.25) is 4.79 Å². The van der Waals surface area contributed by atoms with Crippen LogP contribution in [0.1, 0.15) is 128 Å². The quantitative estimate of drug-likeness (QED) is 0.225. The fourth-order valence-electron chi connectivity index (χ4n) is 5.88. The second-order valence-electron chi connectivity index (χ2n) is 11.9. The average molecular weight is 507 g/mol. The molecule has 204 valence electrons. The smallest absolute Gasteiger partial charge is 0.317 e. The average Bonchev–Trinajstić information content (AvgIpc) is 2.90. The maximum Gasteiger partial charge on any atom is 0.317 e. The number of ether oxygens (including phenoxy) is 2. The van der Waals surface area contributed by atoms with Gasteiger partial charge in [0.25, 0.3) is 0 Å². The molecule has 0 amide bonds. The van der Waals surface area contributed by atoms with E-state index >= 15 is 0 Å². The SMILES string of the molecule is CCCC(C)(CC)Oc1ccc(C2(c3ccc(OC(=O)C(C)(CC)CC)c(C)c3)CCCCC2)cc1C. The van der Waals surface area contributed by atoms with Crippen molar-refractivity contribution in [2.75, 3.05) is 0 Å². The summed E-state index contributed by atoms with van der Waals surface area (Å²) in [5, 5.41) is 0. The number of aryl methyl sites for hydroxylation is 2. The highest BCUT2D eigenvalue weighted by Crippen LogP contribution is 2.47. The standard InChI is InChI=1S/C34H50O3/c1-9-20-33(8,12-4)37-30-19-17-28(24-26(30)6)34(21-14-13-15-22-34)27-16-18-29(25(5)23-27)36-31(35)32(7,10-2)11-3/h16-19,23-24H,9-15,20-22H2,1-8H3. The molecule has 0 N–H and O–H groups in total. The largest absolute Gasteiger partial charge is 0.487 e. The summed E-state index contributed by atoms with van der Waals surface area (Å²) in [5.74, 6) is 1.55. The van der Waals surface area contributed by atoms with Crippen LogP contribution in [0.5, 0.6) is 11.5 Å². The summed E-state index contributed by atoms with van der Waals surface area (Å²) in [6, 6.07) is 13.3. The second kappa shape index (κ2) is 12.0. The Morgan fingerprint density at radius 3 is 1.81 bits per heavy atom. The zero-order chi connectivity index (χ0) is 27.3. The molecule has 0 aliphatic heterocycles. The fourth-order valence-corrected chi connectivity index (χ4v) is 5.88. The van der Waals surface area contributed by atoms with Crippen LogP contribution in [-0.2, 0) is 10.2 Å². The second-order valence-corrected chi connectivity index (χ2v) is 11.9. The van der Waals surface area contributed by atoms with E-state index in [2.05, 4.69) is 78.8 Å². The Balaban J connectivity index is 1.95. The Morgan fingerprint density at radius 2 is 1.35 bits per heavy atom. The first kappa shape index (κ1) is 29.3. The van der Waals surface area contributed by atoms with Crippen LogP contribution in [-0.4, -0.2) is 11.6 Å². The number of hydrogen-bond acceptors (Lipinski definition) is 3. The van der Waals surface area contributed by atoms with Gasteiger partial charge in [-0.1, -0.05) is 77.6 Å². The number of carbonyl (C=O) groups excluding carboxylic acids is 1. The third-order valence-electron chi connectivity index (χ3n) is 9.30. The third kappa shape index (κ3) is 6.24. The lowest BCUT2D eigenvalue weighted by Gasteiger charge is -2.39. The lowest BCUT2D eigenvalue weighted by atomic mass is 9.65. The molecular weight excluding hydrogens is 456 g/mol. The molecule has 2 aromatic carbocycles. The highest BCUT2D eigenvalue weighted by Gasteiger charge is 2.37. The molecule has 1 aliphatic carbocycles. The number of rotatable bonds is 11. The molecule has 0 heterocycles. The van der Waals surface area contributed by atoms with E-state index in [0.717, 1.165) is 56.3 Å². The van der Waals surface area contributed by atoms with Crippen molar-refractivity contribution >= 4 is 5.97 Å². The van der Waals surface area contributed by atoms with Crippen molar-refractivity contribution in [1.82, 2.24) is 0 Å². The summed E-state index contributed by atoms with van der Waals surface area (Å²) in [5.41, 5.74) is 4.35. The summed E-state index contributed by atoms with van der Waals surface area (Å²) in [6.07, 6.45) is 10.7. The van der Waals surface area contributed by atoms with Gasteiger partial charge in [0.05, 0.1) is 5.41 Å². The van der Waals surface area contributed by atoms with Crippen LogP contribution in [0.4, 0.5) is 0 Å². The zero-order valence-electron chi connectivity index (χ0n) is 24.8. The van der Waals surface area contributed by atoms with Gasteiger partial charge in [0, 0.05) is 5.41 Å². The van der Waals surface area contributed by atoms with Crippen LogP contribution in [0.25, 0.3) is 0 Å². The Morgan fingerprint density at radius 1 is 0.811 bits per heavy atom. The van der Waals surface area contributed by atoms with Crippen LogP contribution in [0.3, 0.4) is 0 Å². The van der Waals surface area contributed by atoms with E-state index in [0.29, 0.717) is 5.75 Å². The predicted molar refractivity (Wildman–Crippen MR) is 155 cm³/mol. The van der Waals surface area contributed by atoms with Gasteiger partial charge >= 0.3 is 5.97 Å². The van der Waals surface area contributed by atoms with Crippen molar-refractivity contribution in [1.29, 1.82) is 0 Å². The first-order valence-electron chi connectivity index (χ1n) is 14.7. The van der Waals surface area contributed by atoms with E-state index in [4.69, 9.17) is 9.47 Å². The van der Waals surface area contributed by atoms with Gasteiger partial charge in [-0.2, -0.15) is 0 Å². The molecule has 3 heteroatoms. The minimum Gasteiger partial charge on any atom is -0.487 e. The van der Waals surface area contributed by atoms with Gasteiger partial charge in [-0.15, -0.1) is 0 Å². The van der Waals surface area contributed by atoms with Gasteiger partial charge in [0.2, 0.25) is 0 Å². The number of hydrogen-bond donors (Lipinski definition) is 0. The predicted octanol–water partition coefficient (Wildman–Crippen LogP) is 9.63. The van der Waals surface area contributed by atoms with E-state index in [-0.39, 0.29) is 17.0 Å². The van der Waals surface area contributed by atoms with Gasteiger partial charge in [-0.05, 0) is 101 Å².